The van der Waals surface area contributed by atoms with Gasteiger partial charge in [-0.1, -0.05) is 0 Å². The van der Waals surface area contributed by atoms with Crippen LogP contribution < -0.4 is 4.90 Å². The highest BCUT2D eigenvalue weighted by atomic mass is 16.4. The van der Waals surface area contributed by atoms with Crippen molar-refractivity contribution in [2.45, 2.75) is 24.5 Å². The number of carbonyl (C=O) groups is 3. The molecule has 4 heterocycles. The van der Waals surface area contributed by atoms with Crippen molar-refractivity contribution in [3.05, 3.63) is 36.0 Å². The predicted molar refractivity (Wildman–Crippen MR) is 91.9 cm³/mol. The summed E-state index contributed by atoms with van der Waals surface area (Å²) in [6.45, 7) is 0.221. The summed E-state index contributed by atoms with van der Waals surface area (Å²) in [6.07, 6.45) is 0.954. The Bertz CT molecular complexity index is 1080. The number of likely N-dealkylation sites (tertiary alicyclic amines) is 1. The summed E-state index contributed by atoms with van der Waals surface area (Å²) in [5, 5.41) is 19.2. The number of pyridine rings is 1. The summed E-state index contributed by atoms with van der Waals surface area (Å²) in [4.78, 5) is 45.6. The number of fused-ring (bicyclic) bond motifs is 6. The number of hydrogen-bond donors (Lipinski definition) is 1. The van der Waals surface area contributed by atoms with E-state index in [-0.39, 0.29) is 12.6 Å². The summed E-state index contributed by atoms with van der Waals surface area (Å²) >= 11 is 0. The predicted octanol–water partition coefficient (Wildman–Crippen LogP) is 1.38. The Morgan fingerprint density at radius 3 is 2.85 bits per heavy atom. The maximum Gasteiger partial charge on any atom is 0.407 e. The average Bonchev–Trinajstić information content (AvgIpc) is 3.33. The van der Waals surface area contributed by atoms with E-state index in [0.29, 0.717) is 28.6 Å². The molecule has 0 unspecified atom stereocenters. The first-order chi connectivity index (χ1) is 13.0. The van der Waals surface area contributed by atoms with E-state index < -0.39 is 30.1 Å². The van der Waals surface area contributed by atoms with Crippen LogP contribution in [-0.2, 0) is 4.79 Å². The minimum atomic E-state index is -1.08. The lowest BCUT2D eigenvalue weighted by molar-refractivity contribution is -0.121. The molecule has 3 fully saturated rings. The zero-order valence-corrected chi connectivity index (χ0v) is 13.9. The number of hydrogen-bond acceptors (Lipinski definition) is 5. The van der Waals surface area contributed by atoms with Crippen LogP contribution in [0.1, 0.15) is 12.0 Å². The van der Waals surface area contributed by atoms with Gasteiger partial charge < -0.3 is 14.9 Å². The molecule has 3 aliphatic rings. The number of amides is 4. The smallest absolute Gasteiger partial charge is 0.407 e. The Kier molecular flexibility index (Phi) is 2.98. The zero-order valence-electron chi connectivity index (χ0n) is 13.9. The van der Waals surface area contributed by atoms with Crippen LogP contribution in [0, 0.1) is 11.3 Å². The Hall–Kier alpha value is -3.67. The zero-order chi connectivity index (χ0) is 18.9. The lowest BCUT2D eigenvalue weighted by Gasteiger charge is -2.32. The van der Waals surface area contributed by atoms with Gasteiger partial charge in [-0.15, -0.1) is 0 Å². The van der Waals surface area contributed by atoms with E-state index in [1.165, 1.54) is 15.9 Å². The lowest BCUT2D eigenvalue weighted by Crippen LogP contribution is -2.54. The average molecular weight is 363 g/mol. The summed E-state index contributed by atoms with van der Waals surface area (Å²) in [7, 11) is 0. The quantitative estimate of drug-likeness (QED) is 0.765. The van der Waals surface area contributed by atoms with Gasteiger partial charge in [-0.2, -0.15) is 5.26 Å². The van der Waals surface area contributed by atoms with Crippen molar-refractivity contribution < 1.29 is 19.5 Å². The molecule has 2 aromatic rings. The maximum absolute atomic E-state index is 13.1. The van der Waals surface area contributed by atoms with E-state index in [9.17, 15) is 24.8 Å². The molecule has 27 heavy (non-hydrogen) atoms. The summed E-state index contributed by atoms with van der Waals surface area (Å²) in [6, 6.07) is 6.49. The van der Waals surface area contributed by atoms with Crippen LogP contribution in [-0.4, -0.2) is 62.6 Å². The topological polar surface area (TPSA) is 118 Å². The molecule has 2 bridgehead atoms. The number of urea groups is 1. The molecular formula is C18H13N5O4. The van der Waals surface area contributed by atoms with Crippen LogP contribution in [0.3, 0.4) is 0 Å². The van der Waals surface area contributed by atoms with Gasteiger partial charge >= 0.3 is 12.1 Å². The van der Waals surface area contributed by atoms with Gasteiger partial charge in [0.1, 0.15) is 12.1 Å². The van der Waals surface area contributed by atoms with Gasteiger partial charge in [-0.25, -0.2) is 14.5 Å². The second kappa shape index (κ2) is 5.17. The number of nitrogens with zero attached hydrogens (tertiary/aromatic N) is 5. The highest BCUT2D eigenvalue weighted by Gasteiger charge is 2.63. The minimum absolute atomic E-state index is 0.221. The number of rotatable bonds is 1. The molecule has 5 rings (SSSR count). The summed E-state index contributed by atoms with van der Waals surface area (Å²) in [5.74, 6) is -0.437. The third kappa shape index (κ3) is 1.87. The van der Waals surface area contributed by atoms with E-state index in [4.69, 9.17) is 0 Å². The van der Waals surface area contributed by atoms with Gasteiger partial charge in [0.05, 0.1) is 28.9 Å². The van der Waals surface area contributed by atoms with E-state index >= 15 is 0 Å². The minimum Gasteiger partial charge on any atom is -0.465 e. The monoisotopic (exact) mass is 363 g/mol. The first-order valence-corrected chi connectivity index (χ1v) is 8.46. The lowest BCUT2D eigenvalue weighted by atomic mass is 10.1. The molecule has 0 spiro atoms. The summed E-state index contributed by atoms with van der Waals surface area (Å²) < 4.78 is 0. The largest absolute Gasteiger partial charge is 0.465 e. The third-order valence-electron chi connectivity index (χ3n) is 5.62. The molecule has 9 heteroatoms. The molecule has 4 amide bonds. The van der Waals surface area contributed by atoms with Crippen LogP contribution in [0.25, 0.3) is 10.9 Å². The third-order valence-corrected chi connectivity index (χ3v) is 5.62. The highest BCUT2D eigenvalue weighted by Crippen LogP contribution is 2.43. The van der Waals surface area contributed by atoms with E-state index in [0.717, 1.165) is 4.90 Å². The van der Waals surface area contributed by atoms with Gasteiger partial charge in [0, 0.05) is 18.1 Å². The van der Waals surface area contributed by atoms with Crippen molar-refractivity contribution in [2.24, 2.45) is 0 Å². The molecule has 134 valence electrons. The van der Waals surface area contributed by atoms with Crippen molar-refractivity contribution in [1.29, 1.82) is 5.26 Å². The van der Waals surface area contributed by atoms with E-state index in [1.807, 2.05) is 0 Å². The molecule has 1 aromatic heterocycles. The number of aromatic nitrogens is 1. The fourth-order valence-corrected chi connectivity index (χ4v) is 4.54. The Labute approximate surface area is 153 Å². The Balaban J connectivity index is 1.62. The van der Waals surface area contributed by atoms with E-state index in [1.54, 1.807) is 24.4 Å². The number of benzene rings is 1. The Morgan fingerprint density at radius 1 is 1.30 bits per heavy atom. The normalized spacial score (nSPS) is 26.0. The number of nitriles is 1. The van der Waals surface area contributed by atoms with Gasteiger partial charge in [0.15, 0.2) is 0 Å². The number of imide groups is 1. The SMILES string of the molecule is N#Cc1ccc(N2C(=O)[C@H]3[C@H]4C[C@@H](CN4C(=O)O)N3C2=O)c2cccnc12. The molecule has 3 aliphatic heterocycles. The standard InChI is InChI=1S/C18H13N5O4/c19-7-9-3-4-12(11-2-1-5-20-14(9)11)23-16(24)15-13-6-10(22(15)17(23)25)8-21(13)18(26)27/h1-5,10,13,15H,6,8H2,(H,26,27)/t10-,13+,15+/m0/s1. The van der Waals surface area contributed by atoms with Crippen LogP contribution in [0.4, 0.5) is 15.3 Å². The van der Waals surface area contributed by atoms with Gasteiger partial charge in [-0.05, 0) is 30.7 Å². The van der Waals surface area contributed by atoms with Gasteiger partial charge in [0.25, 0.3) is 5.91 Å². The molecule has 0 saturated carbocycles. The van der Waals surface area contributed by atoms with Crippen molar-refractivity contribution in [1.82, 2.24) is 14.8 Å². The van der Waals surface area contributed by atoms with E-state index in [2.05, 4.69) is 11.1 Å². The molecule has 9 nitrogen and oxygen atoms in total. The number of carboxylic acid groups (broad SMARTS) is 1. The molecule has 0 radical (unpaired) electrons. The first-order valence-electron chi connectivity index (χ1n) is 8.46. The molecule has 1 aromatic carbocycles. The molecule has 1 N–H and O–H groups in total. The maximum atomic E-state index is 13.1. The molecule has 0 aliphatic carbocycles. The first kappa shape index (κ1) is 15.6. The summed E-state index contributed by atoms with van der Waals surface area (Å²) in [5.41, 5.74) is 1.13. The van der Waals surface area contributed by atoms with Crippen LogP contribution >= 0.6 is 0 Å². The molecular weight excluding hydrogens is 350 g/mol. The van der Waals surface area contributed by atoms with Crippen molar-refractivity contribution >= 4 is 34.6 Å². The second-order valence-electron chi connectivity index (χ2n) is 6.84. The number of anilines is 1. The van der Waals surface area contributed by atoms with Crippen molar-refractivity contribution in [3.8, 4) is 6.07 Å². The van der Waals surface area contributed by atoms with Gasteiger partial charge in [-0.3, -0.25) is 9.78 Å². The van der Waals surface area contributed by atoms with Crippen molar-refractivity contribution in [2.75, 3.05) is 11.4 Å². The van der Waals surface area contributed by atoms with Crippen LogP contribution in [0.15, 0.2) is 30.5 Å². The molecule has 3 saturated heterocycles. The Morgan fingerprint density at radius 2 is 2.11 bits per heavy atom. The highest BCUT2D eigenvalue weighted by molar-refractivity contribution is 6.25. The fourth-order valence-electron chi connectivity index (χ4n) is 4.54. The van der Waals surface area contributed by atoms with Crippen LogP contribution in [0.5, 0.6) is 0 Å². The number of piperazine rings is 1. The van der Waals surface area contributed by atoms with Crippen molar-refractivity contribution in [3.63, 3.8) is 0 Å². The van der Waals surface area contributed by atoms with Gasteiger partial charge in [0.2, 0.25) is 0 Å². The number of carbonyl (C=O) groups excluding carboxylic acids is 2. The van der Waals surface area contributed by atoms with Crippen LogP contribution in [0.2, 0.25) is 0 Å². The second-order valence-corrected chi connectivity index (χ2v) is 6.84. The fraction of sp³-hybridized carbons (Fsp3) is 0.278. The molecule has 3 atom stereocenters.